The fourth-order valence-electron chi connectivity index (χ4n) is 4.13. The molecule has 196 valence electrons. The molecule has 3 aromatic rings. The van der Waals surface area contributed by atoms with Crippen molar-refractivity contribution in [2.24, 2.45) is 0 Å². The molecule has 1 amide bonds. The molecular formula is C25H21Cl2F3N2O3S2. The summed E-state index contributed by atoms with van der Waals surface area (Å²) in [5.74, 6) is -1.95. The molecule has 0 aromatic heterocycles. The minimum Gasteiger partial charge on any atom is -0.330 e. The third-order valence-corrected chi connectivity index (χ3v) is 9.04. The smallest absolute Gasteiger partial charge is 0.330 e. The molecule has 3 aromatic carbocycles. The molecule has 0 aliphatic carbocycles. The summed E-state index contributed by atoms with van der Waals surface area (Å²) < 4.78 is 68.5. The Balaban J connectivity index is 1.70. The Morgan fingerprint density at radius 3 is 2.41 bits per heavy atom. The van der Waals surface area contributed by atoms with Crippen LogP contribution >= 0.6 is 35.0 Å². The maximum absolute atomic E-state index is 13.5. The number of fused-ring (bicyclic) bond motifs is 1. The predicted molar refractivity (Wildman–Crippen MR) is 138 cm³/mol. The van der Waals surface area contributed by atoms with Gasteiger partial charge in [0.1, 0.15) is 0 Å². The van der Waals surface area contributed by atoms with E-state index in [-0.39, 0.29) is 34.5 Å². The number of nitrogens with one attached hydrogen (secondary N) is 1. The van der Waals surface area contributed by atoms with E-state index in [9.17, 15) is 26.4 Å². The topological polar surface area (TPSA) is 66.5 Å². The van der Waals surface area contributed by atoms with Gasteiger partial charge in [-0.1, -0.05) is 53.5 Å². The molecule has 1 aliphatic rings. The van der Waals surface area contributed by atoms with Gasteiger partial charge in [0.15, 0.2) is 0 Å². The average Bonchev–Trinajstić information content (AvgIpc) is 2.87. The summed E-state index contributed by atoms with van der Waals surface area (Å²) in [5, 5.41) is 0.449. The monoisotopic (exact) mass is 588 g/mol. The number of amides is 1. The molecule has 0 saturated carbocycles. The largest absolute Gasteiger partial charge is 0.471 e. The second-order valence-electron chi connectivity index (χ2n) is 8.38. The lowest BCUT2D eigenvalue weighted by Gasteiger charge is -2.30. The fourth-order valence-corrected chi connectivity index (χ4v) is 6.21. The Labute approximate surface area is 227 Å². The van der Waals surface area contributed by atoms with E-state index in [1.807, 2.05) is 18.4 Å². The van der Waals surface area contributed by atoms with E-state index in [0.29, 0.717) is 27.2 Å². The van der Waals surface area contributed by atoms with Gasteiger partial charge in [0.2, 0.25) is 10.0 Å². The molecule has 0 fully saturated rings. The summed E-state index contributed by atoms with van der Waals surface area (Å²) in [6.45, 7) is -0.437. The normalized spacial score (nSPS) is 14.8. The summed E-state index contributed by atoms with van der Waals surface area (Å²) in [7, 11) is -4.18. The lowest BCUT2D eigenvalue weighted by Crippen LogP contribution is -2.43. The number of nitrogens with zero attached hydrogens (tertiary/aromatic N) is 1. The highest BCUT2D eigenvalue weighted by atomic mass is 35.5. The van der Waals surface area contributed by atoms with Crippen LogP contribution in [0.5, 0.6) is 0 Å². The van der Waals surface area contributed by atoms with Gasteiger partial charge in [-0.15, -0.1) is 11.8 Å². The fraction of sp³-hybridized carbons (Fsp3) is 0.240. The van der Waals surface area contributed by atoms with Crippen molar-refractivity contribution < 1.29 is 26.4 Å². The Morgan fingerprint density at radius 1 is 1.05 bits per heavy atom. The van der Waals surface area contributed by atoms with Crippen LogP contribution in [0.1, 0.15) is 28.3 Å². The second-order valence-corrected chi connectivity index (χ2v) is 11.8. The van der Waals surface area contributed by atoms with E-state index in [1.54, 1.807) is 36.4 Å². The van der Waals surface area contributed by atoms with E-state index in [2.05, 4.69) is 4.72 Å². The summed E-state index contributed by atoms with van der Waals surface area (Å²) in [6, 6.07) is 15.6. The van der Waals surface area contributed by atoms with E-state index < -0.39 is 28.1 Å². The van der Waals surface area contributed by atoms with Gasteiger partial charge >= 0.3 is 12.1 Å². The van der Waals surface area contributed by atoms with Crippen molar-refractivity contribution in [3.05, 3.63) is 93.0 Å². The molecule has 0 saturated heterocycles. The molecule has 1 heterocycles. The Morgan fingerprint density at radius 2 is 1.76 bits per heavy atom. The number of rotatable bonds is 6. The molecule has 12 heteroatoms. The zero-order valence-electron chi connectivity index (χ0n) is 19.4. The maximum Gasteiger partial charge on any atom is 0.471 e. The van der Waals surface area contributed by atoms with E-state index >= 15 is 0 Å². The van der Waals surface area contributed by atoms with Crippen LogP contribution < -0.4 is 4.72 Å². The highest BCUT2D eigenvalue weighted by molar-refractivity contribution is 7.98. The Hall–Kier alpha value is -2.24. The molecule has 4 rings (SSSR count). The highest BCUT2D eigenvalue weighted by Crippen LogP contribution is 2.35. The van der Waals surface area contributed by atoms with Crippen molar-refractivity contribution in [2.45, 2.75) is 35.0 Å². The third kappa shape index (κ3) is 6.09. The number of benzene rings is 3. The van der Waals surface area contributed by atoms with Crippen LogP contribution in [0.2, 0.25) is 10.0 Å². The number of halogens is 5. The third-order valence-electron chi connectivity index (χ3n) is 6.04. The van der Waals surface area contributed by atoms with Gasteiger partial charge in [0.05, 0.1) is 21.0 Å². The Kier molecular flexibility index (Phi) is 8.16. The minimum absolute atomic E-state index is 0.100. The van der Waals surface area contributed by atoms with Crippen molar-refractivity contribution in [1.82, 2.24) is 9.62 Å². The van der Waals surface area contributed by atoms with Crippen molar-refractivity contribution in [3.63, 3.8) is 0 Å². The van der Waals surface area contributed by atoms with Crippen LogP contribution in [0.4, 0.5) is 13.2 Å². The molecule has 1 unspecified atom stereocenters. The zero-order valence-corrected chi connectivity index (χ0v) is 22.5. The van der Waals surface area contributed by atoms with Gasteiger partial charge in [0, 0.05) is 18.0 Å². The molecule has 37 heavy (non-hydrogen) atoms. The van der Waals surface area contributed by atoms with Crippen molar-refractivity contribution in [3.8, 4) is 0 Å². The summed E-state index contributed by atoms with van der Waals surface area (Å²) in [6.07, 6.45) is -2.89. The molecule has 1 atom stereocenters. The lowest BCUT2D eigenvalue weighted by molar-refractivity contribution is -0.186. The van der Waals surface area contributed by atoms with E-state index in [4.69, 9.17) is 23.2 Å². The van der Waals surface area contributed by atoms with Crippen LogP contribution in [-0.2, 0) is 27.8 Å². The van der Waals surface area contributed by atoms with Gasteiger partial charge in [0.25, 0.3) is 0 Å². The first-order valence-electron chi connectivity index (χ1n) is 11.0. The number of alkyl halides is 3. The molecule has 0 spiro atoms. The molecule has 1 aliphatic heterocycles. The van der Waals surface area contributed by atoms with Gasteiger partial charge in [-0.2, -0.15) is 17.9 Å². The first kappa shape index (κ1) is 27.8. The number of carbonyl (C=O) groups is 1. The van der Waals surface area contributed by atoms with Gasteiger partial charge in [-0.25, -0.2) is 8.42 Å². The molecule has 1 N–H and O–H groups in total. The molecule has 5 nitrogen and oxygen atoms in total. The second kappa shape index (κ2) is 10.9. The minimum atomic E-state index is -5.00. The van der Waals surface area contributed by atoms with E-state index in [1.165, 1.54) is 23.9 Å². The first-order valence-corrected chi connectivity index (χ1v) is 14.4. The molecular weight excluding hydrogens is 568 g/mol. The maximum atomic E-state index is 13.5. The van der Waals surface area contributed by atoms with Crippen molar-refractivity contribution in [1.29, 1.82) is 0 Å². The lowest BCUT2D eigenvalue weighted by atomic mass is 9.99. The summed E-state index contributed by atoms with van der Waals surface area (Å²) >= 11 is 14.2. The van der Waals surface area contributed by atoms with Crippen LogP contribution in [0.15, 0.2) is 70.5 Å². The quantitative estimate of drug-likeness (QED) is 0.347. The van der Waals surface area contributed by atoms with Gasteiger partial charge < -0.3 is 4.90 Å². The zero-order chi connectivity index (χ0) is 27.0. The molecule has 0 bridgehead atoms. The van der Waals surface area contributed by atoms with Gasteiger partial charge in [-0.05, 0) is 65.3 Å². The number of thioether (sulfide) groups is 1. The van der Waals surface area contributed by atoms with Crippen molar-refractivity contribution in [2.75, 3.05) is 12.8 Å². The first-order chi connectivity index (χ1) is 17.4. The number of hydrogen-bond acceptors (Lipinski definition) is 4. The summed E-state index contributed by atoms with van der Waals surface area (Å²) in [4.78, 5) is 13.2. The predicted octanol–water partition coefficient (Wildman–Crippen LogP) is 6.23. The number of carbonyl (C=O) groups excluding carboxylic acids is 1. The standard InChI is InChI=1S/C25H21Cl2F3N2O3S2/c1-36-18-8-5-16(6-9-18)23(20-3-2-4-21(26)22(20)27)31-37(34,35)19-10-7-15-11-12-32(14-17(15)13-19)24(33)25(28,29)30/h2-10,13,23,31H,11-12,14H2,1H3. The highest BCUT2D eigenvalue weighted by Gasteiger charge is 2.43. The average molecular weight is 589 g/mol. The van der Waals surface area contributed by atoms with Crippen LogP contribution in [-0.4, -0.2) is 38.2 Å². The van der Waals surface area contributed by atoms with Crippen LogP contribution in [0.25, 0.3) is 0 Å². The number of sulfonamides is 1. The van der Waals surface area contributed by atoms with Crippen molar-refractivity contribution >= 4 is 50.9 Å². The van der Waals surface area contributed by atoms with Gasteiger partial charge in [-0.3, -0.25) is 4.79 Å². The van der Waals surface area contributed by atoms with Crippen LogP contribution in [0.3, 0.4) is 0 Å². The Bertz CT molecular complexity index is 1430. The molecule has 0 radical (unpaired) electrons. The van der Waals surface area contributed by atoms with E-state index in [0.717, 1.165) is 4.90 Å². The van der Waals surface area contributed by atoms with Crippen LogP contribution in [0, 0.1) is 0 Å². The SMILES string of the molecule is CSc1ccc(C(NS(=O)(=O)c2ccc3c(c2)CN(C(=O)C(F)(F)F)CC3)c2cccc(Cl)c2Cl)cc1. The number of hydrogen-bond donors (Lipinski definition) is 1. The summed E-state index contributed by atoms with van der Waals surface area (Å²) in [5.41, 5.74) is 2.08.